The molecule has 0 fully saturated rings. The number of anilines is 1. The Labute approximate surface area is 120 Å². The summed E-state index contributed by atoms with van der Waals surface area (Å²) >= 11 is 1.24. The van der Waals surface area contributed by atoms with E-state index >= 15 is 0 Å². The van der Waals surface area contributed by atoms with Crippen LogP contribution >= 0.6 is 11.3 Å². The molecule has 0 aliphatic rings. The highest BCUT2D eigenvalue weighted by Gasteiger charge is 2.14. The Bertz CT molecular complexity index is 565. The van der Waals surface area contributed by atoms with Gasteiger partial charge in [0, 0.05) is 6.54 Å². The number of hydrogen-bond donors (Lipinski definition) is 3. The van der Waals surface area contributed by atoms with Crippen molar-refractivity contribution >= 4 is 22.4 Å². The fourth-order valence-electron chi connectivity index (χ4n) is 1.48. The number of hydrogen-bond acceptors (Lipinski definition) is 6. The third-order valence-electron chi connectivity index (χ3n) is 2.45. The standard InChI is InChI=1S/C13H15N3O3S/c1-2-5-14-13-16-8-11(20-13)12(18)15-7-9(17)10-4-3-6-19-10/h2-4,6,8-9,17H,1,5,7H2,(H,14,16)(H,15,18). The molecule has 0 saturated heterocycles. The average Bonchev–Trinajstić information content (AvgIpc) is 3.12. The molecule has 1 atom stereocenters. The molecule has 7 heteroatoms. The van der Waals surface area contributed by atoms with E-state index in [2.05, 4.69) is 22.2 Å². The topological polar surface area (TPSA) is 87.4 Å². The maximum absolute atomic E-state index is 11.9. The summed E-state index contributed by atoms with van der Waals surface area (Å²) in [4.78, 5) is 16.4. The van der Waals surface area contributed by atoms with E-state index in [1.54, 1.807) is 18.2 Å². The molecule has 0 saturated carbocycles. The van der Waals surface area contributed by atoms with Crippen LogP contribution in [0.3, 0.4) is 0 Å². The van der Waals surface area contributed by atoms with Crippen molar-refractivity contribution in [3.8, 4) is 0 Å². The Balaban J connectivity index is 1.85. The van der Waals surface area contributed by atoms with Gasteiger partial charge in [0.1, 0.15) is 16.7 Å². The molecule has 20 heavy (non-hydrogen) atoms. The van der Waals surface area contributed by atoms with Crippen LogP contribution in [0.4, 0.5) is 5.13 Å². The average molecular weight is 293 g/mol. The zero-order valence-corrected chi connectivity index (χ0v) is 11.5. The van der Waals surface area contributed by atoms with E-state index in [1.807, 2.05) is 0 Å². The Morgan fingerprint density at radius 2 is 2.50 bits per heavy atom. The fourth-order valence-corrected chi connectivity index (χ4v) is 2.22. The van der Waals surface area contributed by atoms with E-state index in [4.69, 9.17) is 4.42 Å². The molecular formula is C13H15N3O3S. The number of carbonyl (C=O) groups is 1. The van der Waals surface area contributed by atoms with Crippen molar-refractivity contribution in [2.75, 3.05) is 18.4 Å². The van der Waals surface area contributed by atoms with Gasteiger partial charge >= 0.3 is 0 Å². The van der Waals surface area contributed by atoms with E-state index in [0.29, 0.717) is 22.3 Å². The molecular weight excluding hydrogens is 278 g/mol. The first-order valence-corrected chi connectivity index (χ1v) is 6.82. The van der Waals surface area contributed by atoms with Gasteiger partial charge in [0.25, 0.3) is 5.91 Å². The van der Waals surface area contributed by atoms with Crippen LogP contribution in [-0.2, 0) is 0 Å². The van der Waals surface area contributed by atoms with E-state index in [0.717, 1.165) is 0 Å². The van der Waals surface area contributed by atoms with Gasteiger partial charge in [0.05, 0.1) is 19.0 Å². The molecule has 1 unspecified atom stereocenters. The maximum Gasteiger partial charge on any atom is 0.263 e. The zero-order valence-electron chi connectivity index (χ0n) is 10.7. The SMILES string of the molecule is C=CCNc1ncc(C(=O)NCC(O)c2ccco2)s1. The van der Waals surface area contributed by atoms with Gasteiger partial charge in [-0.15, -0.1) is 6.58 Å². The summed E-state index contributed by atoms with van der Waals surface area (Å²) in [5.41, 5.74) is 0. The van der Waals surface area contributed by atoms with Crippen LogP contribution in [0.25, 0.3) is 0 Å². The lowest BCUT2D eigenvalue weighted by molar-refractivity contribution is 0.0905. The summed E-state index contributed by atoms with van der Waals surface area (Å²) in [6, 6.07) is 3.34. The minimum Gasteiger partial charge on any atom is -0.467 e. The summed E-state index contributed by atoms with van der Waals surface area (Å²) in [6.07, 6.45) is 3.81. The smallest absolute Gasteiger partial charge is 0.263 e. The minimum absolute atomic E-state index is 0.0830. The van der Waals surface area contributed by atoms with Gasteiger partial charge in [-0.1, -0.05) is 17.4 Å². The normalized spacial score (nSPS) is 11.8. The second-order valence-corrected chi connectivity index (χ2v) is 4.97. The van der Waals surface area contributed by atoms with Crippen molar-refractivity contribution in [3.05, 3.63) is 47.9 Å². The first-order chi connectivity index (χ1) is 9.70. The summed E-state index contributed by atoms with van der Waals surface area (Å²) in [5, 5.41) is 16.1. The van der Waals surface area contributed by atoms with E-state index in [1.165, 1.54) is 23.8 Å². The van der Waals surface area contributed by atoms with Crippen LogP contribution in [0.5, 0.6) is 0 Å². The lowest BCUT2D eigenvalue weighted by Gasteiger charge is -2.08. The second-order valence-electron chi connectivity index (χ2n) is 3.94. The monoisotopic (exact) mass is 293 g/mol. The molecule has 0 aliphatic heterocycles. The van der Waals surface area contributed by atoms with Crippen molar-refractivity contribution in [2.24, 2.45) is 0 Å². The number of carbonyl (C=O) groups excluding carboxylic acids is 1. The number of rotatable bonds is 7. The quantitative estimate of drug-likeness (QED) is 0.678. The summed E-state index contributed by atoms with van der Waals surface area (Å²) in [5.74, 6) is 0.141. The minimum atomic E-state index is -0.861. The highest BCUT2D eigenvalue weighted by molar-refractivity contribution is 7.17. The number of thiazole rings is 1. The Morgan fingerprint density at radius 1 is 1.65 bits per heavy atom. The van der Waals surface area contributed by atoms with E-state index in [-0.39, 0.29) is 12.5 Å². The van der Waals surface area contributed by atoms with Crippen molar-refractivity contribution in [2.45, 2.75) is 6.10 Å². The summed E-state index contributed by atoms with van der Waals surface area (Å²) in [6.45, 7) is 4.26. The predicted octanol–water partition coefficient (Wildman–Crippen LogP) is 1.80. The molecule has 2 rings (SSSR count). The Hall–Kier alpha value is -2.12. The molecule has 2 aromatic rings. The van der Waals surface area contributed by atoms with Gasteiger partial charge in [0.15, 0.2) is 5.13 Å². The predicted molar refractivity (Wildman–Crippen MR) is 76.8 cm³/mol. The van der Waals surface area contributed by atoms with Gasteiger partial charge in [-0.3, -0.25) is 4.79 Å². The number of aliphatic hydroxyl groups is 1. The number of furan rings is 1. The van der Waals surface area contributed by atoms with Crippen LogP contribution < -0.4 is 10.6 Å². The third-order valence-corrected chi connectivity index (χ3v) is 3.41. The summed E-state index contributed by atoms with van der Waals surface area (Å²) in [7, 11) is 0. The Morgan fingerprint density at radius 3 is 3.20 bits per heavy atom. The van der Waals surface area contributed by atoms with Crippen molar-refractivity contribution in [1.82, 2.24) is 10.3 Å². The Kier molecular flexibility index (Phi) is 4.91. The van der Waals surface area contributed by atoms with E-state index < -0.39 is 6.10 Å². The van der Waals surface area contributed by atoms with E-state index in [9.17, 15) is 9.90 Å². The molecule has 0 bridgehead atoms. The first-order valence-electron chi connectivity index (χ1n) is 6.01. The number of aromatic nitrogens is 1. The largest absolute Gasteiger partial charge is 0.467 e. The van der Waals surface area contributed by atoms with Crippen molar-refractivity contribution in [3.63, 3.8) is 0 Å². The molecule has 106 valence electrons. The molecule has 1 amide bonds. The van der Waals surface area contributed by atoms with Gasteiger partial charge in [-0.25, -0.2) is 4.98 Å². The second kappa shape index (κ2) is 6.88. The highest BCUT2D eigenvalue weighted by atomic mass is 32.1. The van der Waals surface area contributed by atoms with Gasteiger partial charge < -0.3 is 20.2 Å². The molecule has 3 N–H and O–H groups in total. The molecule has 2 aromatic heterocycles. The van der Waals surface area contributed by atoms with Crippen LogP contribution in [0, 0.1) is 0 Å². The third kappa shape index (κ3) is 3.69. The molecule has 2 heterocycles. The number of aliphatic hydroxyl groups excluding tert-OH is 1. The van der Waals surface area contributed by atoms with Crippen LogP contribution in [0.2, 0.25) is 0 Å². The van der Waals surface area contributed by atoms with Crippen LogP contribution in [0.15, 0.2) is 41.7 Å². The van der Waals surface area contributed by atoms with Gasteiger partial charge in [-0.2, -0.15) is 0 Å². The summed E-state index contributed by atoms with van der Waals surface area (Å²) < 4.78 is 5.05. The number of amides is 1. The zero-order chi connectivity index (χ0) is 14.4. The van der Waals surface area contributed by atoms with Crippen LogP contribution in [-0.4, -0.2) is 29.1 Å². The number of nitrogens with one attached hydrogen (secondary N) is 2. The van der Waals surface area contributed by atoms with Gasteiger partial charge in [0.2, 0.25) is 0 Å². The number of nitrogens with zero attached hydrogens (tertiary/aromatic N) is 1. The molecule has 0 aromatic carbocycles. The highest BCUT2D eigenvalue weighted by Crippen LogP contribution is 2.18. The van der Waals surface area contributed by atoms with Crippen LogP contribution in [0.1, 0.15) is 21.5 Å². The lowest BCUT2D eigenvalue weighted by Crippen LogP contribution is -2.27. The molecule has 0 aliphatic carbocycles. The van der Waals surface area contributed by atoms with Crippen molar-refractivity contribution in [1.29, 1.82) is 0 Å². The fraction of sp³-hybridized carbons (Fsp3) is 0.231. The first kappa shape index (κ1) is 14.3. The maximum atomic E-state index is 11.9. The lowest BCUT2D eigenvalue weighted by atomic mass is 10.3. The molecule has 0 spiro atoms. The molecule has 0 radical (unpaired) electrons. The van der Waals surface area contributed by atoms with Gasteiger partial charge in [-0.05, 0) is 12.1 Å². The van der Waals surface area contributed by atoms with Crippen molar-refractivity contribution < 1.29 is 14.3 Å². The molecule has 6 nitrogen and oxygen atoms in total.